The second kappa shape index (κ2) is 6.41. The predicted octanol–water partition coefficient (Wildman–Crippen LogP) is 0.105. The molecule has 1 heterocycles. The van der Waals surface area contributed by atoms with Crippen LogP contribution in [0.1, 0.15) is 6.92 Å². The SMILES string of the molecule is CC(=O)NC(CSc1nc[nH]c(=O)c1Cl)C(=O)O. The van der Waals surface area contributed by atoms with E-state index >= 15 is 0 Å². The van der Waals surface area contributed by atoms with Crippen LogP contribution in [0, 0.1) is 0 Å². The van der Waals surface area contributed by atoms with E-state index in [4.69, 9.17) is 16.7 Å². The highest BCUT2D eigenvalue weighted by Crippen LogP contribution is 2.21. The van der Waals surface area contributed by atoms with Gasteiger partial charge in [-0.25, -0.2) is 9.78 Å². The Labute approximate surface area is 111 Å². The fraction of sp³-hybridized carbons (Fsp3) is 0.333. The van der Waals surface area contributed by atoms with Crippen LogP contribution in [0.15, 0.2) is 16.1 Å². The first-order chi connectivity index (χ1) is 8.41. The Kier molecular flexibility index (Phi) is 5.17. The number of H-pyrrole nitrogens is 1. The average Bonchev–Trinajstić information content (AvgIpc) is 2.28. The highest BCUT2D eigenvalue weighted by Gasteiger charge is 2.19. The minimum absolute atomic E-state index is 0.0189. The number of carbonyl (C=O) groups is 2. The monoisotopic (exact) mass is 291 g/mol. The zero-order chi connectivity index (χ0) is 13.7. The van der Waals surface area contributed by atoms with E-state index in [1.807, 2.05) is 0 Å². The molecule has 98 valence electrons. The lowest BCUT2D eigenvalue weighted by Gasteiger charge is -2.12. The van der Waals surface area contributed by atoms with Crippen LogP contribution in [0.3, 0.4) is 0 Å². The second-order valence-electron chi connectivity index (χ2n) is 3.25. The summed E-state index contributed by atoms with van der Waals surface area (Å²) >= 11 is 6.68. The van der Waals surface area contributed by atoms with E-state index in [2.05, 4.69) is 15.3 Å². The van der Waals surface area contributed by atoms with Crippen molar-refractivity contribution in [2.45, 2.75) is 18.0 Å². The number of halogens is 1. The third-order valence-corrected chi connectivity index (χ3v) is 3.37. The fourth-order valence-corrected chi connectivity index (χ4v) is 2.21. The molecule has 1 aromatic rings. The van der Waals surface area contributed by atoms with Crippen LogP contribution < -0.4 is 10.9 Å². The number of aliphatic carboxylic acids is 1. The summed E-state index contributed by atoms with van der Waals surface area (Å²) in [5.41, 5.74) is -0.499. The Morgan fingerprint density at radius 2 is 2.33 bits per heavy atom. The van der Waals surface area contributed by atoms with E-state index in [1.165, 1.54) is 13.3 Å². The molecule has 1 atom stereocenters. The number of aromatic nitrogens is 2. The summed E-state index contributed by atoms with van der Waals surface area (Å²) in [6.45, 7) is 1.22. The van der Waals surface area contributed by atoms with Gasteiger partial charge in [-0.2, -0.15) is 0 Å². The van der Waals surface area contributed by atoms with Gasteiger partial charge in [0.15, 0.2) is 0 Å². The number of rotatable bonds is 5. The van der Waals surface area contributed by atoms with Crippen molar-refractivity contribution in [1.82, 2.24) is 15.3 Å². The number of nitrogens with zero attached hydrogens (tertiary/aromatic N) is 1. The van der Waals surface area contributed by atoms with Crippen molar-refractivity contribution >= 4 is 35.2 Å². The van der Waals surface area contributed by atoms with Crippen molar-refractivity contribution in [3.63, 3.8) is 0 Å². The van der Waals surface area contributed by atoms with Gasteiger partial charge in [-0.05, 0) is 0 Å². The second-order valence-corrected chi connectivity index (χ2v) is 4.64. The van der Waals surface area contributed by atoms with Crippen LogP contribution in [0.25, 0.3) is 0 Å². The van der Waals surface area contributed by atoms with E-state index in [0.717, 1.165) is 11.8 Å². The first kappa shape index (κ1) is 14.5. The number of carboxylic acids is 1. The lowest BCUT2D eigenvalue weighted by atomic mass is 10.3. The van der Waals surface area contributed by atoms with Gasteiger partial charge in [0.05, 0.1) is 6.33 Å². The molecule has 0 saturated carbocycles. The van der Waals surface area contributed by atoms with Gasteiger partial charge in [0.1, 0.15) is 16.1 Å². The molecule has 0 saturated heterocycles. The van der Waals surface area contributed by atoms with Crippen molar-refractivity contribution in [2.24, 2.45) is 0 Å². The molecule has 0 aliphatic carbocycles. The number of hydrogen-bond acceptors (Lipinski definition) is 5. The van der Waals surface area contributed by atoms with Crippen molar-refractivity contribution in [1.29, 1.82) is 0 Å². The number of nitrogens with one attached hydrogen (secondary N) is 2. The molecule has 3 N–H and O–H groups in total. The minimum Gasteiger partial charge on any atom is -0.480 e. The summed E-state index contributed by atoms with van der Waals surface area (Å²) in [6.07, 6.45) is 1.17. The maximum Gasteiger partial charge on any atom is 0.327 e. The molecule has 1 aromatic heterocycles. The lowest BCUT2D eigenvalue weighted by Crippen LogP contribution is -2.41. The predicted molar refractivity (Wildman–Crippen MR) is 65.8 cm³/mol. The molecule has 0 spiro atoms. The molecule has 1 amide bonds. The van der Waals surface area contributed by atoms with Gasteiger partial charge in [-0.15, -0.1) is 11.8 Å². The molecule has 9 heteroatoms. The first-order valence-corrected chi connectivity index (χ1v) is 6.14. The maximum atomic E-state index is 11.2. The summed E-state index contributed by atoms with van der Waals surface area (Å²) in [5, 5.41) is 11.3. The van der Waals surface area contributed by atoms with Crippen LogP contribution in [0.2, 0.25) is 5.02 Å². The topological polar surface area (TPSA) is 112 Å². The van der Waals surface area contributed by atoms with Crippen LogP contribution >= 0.6 is 23.4 Å². The number of carboxylic acid groups (broad SMARTS) is 1. The van der Waals surface area contributed by atoms with Gasteiger partial charge in [0.25, 0.3) is 5.56 Å². The van der Waals surface area contributed by atoms with E-state index in [9.17, 15) is 14.4 Å². The van der Waals surface area contributed by atoms with Gasteiger partial charge in [-0.3, -0.25) is 9.59 Å². The highest BCUT2D eigenvalue weighted by atomic mass is 35.5. The molecule has 7 nitrogen and oxygen atoms in total. The third-order valence-electron chi connectivity index (χ3n) is 1.83. The van der Waals surface area contributed by atoms with Crippen LogP contribution in [-0.4, -0.2) is 38.7 Å². The van der Waals surface area contributed by atoms with Crippen molar-refractivity contribution in [3.05, 3.63) is 21.7 Å². The summed E-state index contributed by atoms with van der Waals surface area (Å²) in [7, 11) is 0. The van der Waals surface area contributed by atoms with E-state index < -0.39 is 23.5 Å². The average molecular weight is 292 g/mol. The molecule has 0 aromatic carbocycles. The van der Waals surface area contributed by atoms with E-state index in [0.29, 0.717) is 0 Å². The van der Waals surface area contributed by atoms with Gasteiger partial charge in [0, 0.05) is 12.7 Å². The highest BCUT2D eigenvalue weighted by molar-refractivity contribution is 7.99. The molecular weight excluding hydrogens is 282 g/mol. The van der Waals surface area contributed by atoms with Crippen LogP contribution in [-0.2, 0) is 9.59 Å². The number of aromatic amines is 1. The summed E-state index contributed by atoms with van der Waals surface area (Å²) in [5.74, 6) is -1.60. The molecule has 0 fully saturated rings. The van der Waals surface area contributed by atoms with E-state index in [1.54, 1.807) is 0 Å². The maximum absolute atomic E-state index is 11.2. The van der Waals surface area contributed by atoms with Gasteiger partial charge in [0.2, 0.25) is 5.91 Å². The normalized spacial score (nSPS) is 11.9. The Morgan fingerprint density at radius 1 is 1.67 bits per heavy atom. The van der Waals surface area contributed by atoms with Crippen molar-refractivity contribution in [3.8, 4) is 0 Å². The third kappa shape index (κ3) is 4.04. The Balaban J connectivity index is 2.73. The zero-order valence-electron chi connectivity index (χ0n) is 9.27. The number of carbonyl (C=O) groups excluding carboxylic acids is 1. The summed E-state index contributed by atoms with van der Waals surface area (Å²) in [6, 6.07) is -1.07. The molecule has 1 unspecified atom stereocenters. The zero-order valence-corrected chi connectivity index (χ0v) is 10.8. The number of thioether (sulfide) groups is 1. The van der Waals surface area contributed by atoms with Crippen molar-refractivity contribution < 1.29 is 14.7 Å². The van der Waals surface area contributed by atoms with Gasteiger partial charge >= 0.3 is 5.97 Å². The molecule has 0 radical (unpaired) electrons. The lowest BCUT2D eigenvalue weighted by molar-refractivity contribution is -0.140. The molecule has 0 aliphatic heterocycles. The summed E-state index contributed by atoms with van der Waals surface area (Å²) < 4.78 is 0. The Morgan fingerprint density at radius 3 is 2.89 bits per heavy atom. The minimum atomic E-state index is -1.17. The standard InChI is InChI=1S/C9H10ClN3O4S/c1-4(14)13-5(9(16)17)2-18-8-6(10)7(15)11-3-12-8/h3,5H,2H2,1H3,(H,13,14)(H,16,17)(H,11,12,15). The number of amides is 1. The van der Waals surface area contributed by atoms with Gasteiger partial charge in [-0.1, -0.05) is 11.6 Å². The largest absolute Gasteiger partial charge is 0.480 e. The first-order valence-electron chi connectivity index (χ1n) is 4.77. The Hall–Kier alpha value is -1.54. The Bertz CT molecular complexity index is 519. The van der Waals surface area contributed by atoms with Crippen LogP contribution in [0.4, 0.5) is 0 Å². The van der Waals surface area contributed by atoms with Crippen molar-refractivity contribution in [2.75, 3.05) is 5.75 Å². The van der Waals surface area contributed by atoms with Crippen LogP contribution in [0.5, 0.6) is 0 Å². The quantitative estimate of drug-likeness (QED) is 0.524. The molecule has 1 rings (SSSR count). The van der Waals surface area contributed by atoms with E-state index in [-0.39, 0.29) is 15.8 Å². The summed E-state index contributed by atoms with van der Waals surface area (Å²) in [4.78, 5) is 38.9. The van der Waals surface area contributed by atoms with Gasteiger partial charge < -0.3 is 15.4 Å². The molecule has 0 bridgehead atoms. The molecular formula is C9H10ClN3O4S. The molecule has 18 heavy (non-hydrogen) atoms. The smallest absolute Gasteiger partial charge is 0.327 e. The fourth-order valence-electron chi connectivity index (χ4n) is 1.05. The molecule has 0 aliphatic rings. The number of hydrogen-bond donors (Lipinski definition) is 3.